The van der Waals surface area contributed by atoms with Crippen molar-refractivity contribution in [1.29, 1.82) is 0 Å². The molecule has 0 aliphatic carbocycles. The summed E-state index contributed by atoms with van der Waals surface area (Å²) in [6.07, 6.45) is 1.15. The van der Waals surface area contributed by atoms with Gasteiger partial charge in [0, 0.05) is 12.7 Å². The van der Waals surface area contributed by atoms with Crippen molar-refractivity contribution in [3.05, 3.63) is 22.7 Å². The molecule has 0 amide bonds. The largest absolute Gasteiger partial charge is 0.390 e. The Morgan fingerprint density at radius 3 is 2.71 bits per heavy atom. The number of aliphatic hydroxyl groups is 2. The first-order chi connectivity index (χ1) is 8.00. The van der Waals surface area contributed by atoms with Crippen molar-refractivity contribution < 1.29 is 15.0 Å². The molecule has 0 saturated carbocycles. The molecule has 2 N–H and O–H groups in total. The van der Waals surface area contributed by atoms with Crippen LogP contribution in [0.25, 0.3) is 0 Å². The molecule has 0 aliphatic heterocycles. The van der Waals surface area contributed by atoms with E-state index in [1.165, 1.54) is 19.3 Å². The fourth-order valence-electron chi connectivity index (χ4n) is 1.15. The molecule has 0 spiro atoms. The van der Waals surface area contributed by atoms with Gasteiger partial charge in [0.15, 0.2) is 5.12 Å². The second-order valence-corrected chi connectivity index (χ2v) is 5.49. The molecule has 0 radical (unpaired) electrons. The lowest BCUT2D eigenvalue weighted by Gasteiger charge is -2.16. The molecule has 1 rings (SSSR count). The second kappa shape index (κ2) is 7.05. The van der Waals surface area contributed by atoms with E-state index in [-0.39, 0.29) is 5.12 Å². The fourth-order valence-corrected chi connectivity index (χ4v) is 2.00. The lowest BCUT2D eigenvalue weighted by atomic mass is 10.1. The normalized spacial score (nSPS) is 14.4. The topological polar surface area (TPSA) is 83.3 Å². The van der Waals surface area contributed by atoms with Crippen LogP contribution in [0.2, 0.25) is 0 Å². The molecule has 2 unspecified atom stereocenters. The summed E-state index contributed by atoms with van der Waals surface area (Å²) in [5, 5.41) is 19.5. The summed E-state index contributed by atoms with van der Waals surface area (Å²) in [5.74, 6) is 0.470. The summed E-state index contributed by atoms with van der Waals surface area (Å²) in [5.41, 5.74) is 0.313. The predicted octanol–water partition coefficient (Wildman–Crippen LogP) is 1.30. The Morgan fingerprint density at radius 2 is 2.18 bits per heavy atom. The number of aromatic nitrogens is 2. The lowest BCUT2D eigenvalue weighted by Crippen LogP contribution is -2.20. The van der Waals surface area contributed by atoms with Gasteiger partial charge < -0.3 is 10.2 Å². The highest BCUT2D eigenvalue weighted by molar-refractivity contribution is 9.10. The fraction of sp³-hybridized carbons (Fsp3) is 0.500. The zero-order valence-electron chi connectivity index (χ0n) is 9.21. The van der Waals surface area contributed by atoms with Crippen LogP contribution in [0.4, 0.5) is 0 Å². The van der Waals surface area contributed by atoms with Gasteiger partial charge in [0.1, 0.15) is 10.7 Å². The van der Waals surface area contributed by atoms with E-state index < -0.39 is 12.2 Å². The number of carbonyl (C=O) groups is 1. The Labute approximate surface area is 112 Å². The van der Waals surface area contributed by atoms with Gasteiger partial charge in [0.2, 0.25) is 0 Å². The summed E-state index contributed by atoms with van der Waals surface area (Å²) >= 11 is 4.25. The van der Waals surface area contributed by atoms with E-state index in [1.807, 2.05) is 0 Å². The smallest absolute Gasteiger partial charge is 0.185 e. The lowest BCUT2D eigenvalue weighted by molar-refractivity contribution is -0.109. The van der Waals surface area contributed by atoms with Crippen molar-refractivity contribution in [1.82, 2.24) is 9.97 Å². The van der Waals surface area contributed by atoms with Crippen LogP contribution in [0.5, 0.6) is 0 Å². The Morgan fingerprint density at radius 1 is 1.47 bits per heavy atom. The monoisotopic (exact) mass is 320 g/mol. The van der Waals surface area contributed by atoms with Crippen LogP contribution in [0.3, 0.4) is 0 Å². The molecule has 0 aromatic carbocycles. The second-order valence-electron chi connectivity index (χ2n) is 3.40. The van der Waals surface area contributed by atoms with E-state index in [1.54, 1.807) is 0 Å². The van der Waals surface area contributed by atoms with E-state index >= 15 is 0 Å². The minimum Gasteiger partial charge on any atom is -0.390 e. The number of halogens is 1. The highest BCUT2D eigenvalue weighted by Gasteiger charge is 2.19. The Bertz CT molecular complexity index is 374. The first-order valence-corrected chi connectivity index (χ1v) is 6.75. The molecular formula is C10H13BrN2O3S. The highest BCUT2D eigenvalue weighted by atomic mass is 79.9. The van der Waals surface area contributed by atoms with Gasteiger partial charge in [-0.25, -0.2) is 4.98 Å². The third kappa shape index (κ3) is 5.12. The third-order valence-electron chi connectivity index (χ3n) is 2.03. The van der Waals surface area contributed by atoms with Crippen molar-refractivity contribution >= 4 is 32.8 Å². The van der Waals surface area contributed by atoms with Crippen LogP contribution in [0.15, 0.2) is 17.0 Å². The summed E-state index contributed by atoms with van der Waals surface area (Å²) in [4.78, 5) is 18.6. The molecule has 0 aliphatic rings. The van der Waals surface area contributed by atoms with Gasteiger partial charge in [0.25, 0.3) is 0 Å². The zero-order chi connectivity index (χ0) is 12.8. The number of thioether (sulfide) groups is 1. The van der Waals surface area contributed by atoms with E-state index in [2.05, 4.69) is 25.9 Å². The quantitative estimate of drug-likeness (QED) is 0.851. The Hall–Kier alpha value is -0.500. The van der Waals surface area contributed by atoms with Crippen molar-refractivity contribution in [3.63, 3.8) is 0 Å². The van der Waals surface area contributed by atoms with Gasteiger partial charge >= 0.3 is 0 Å². The molecule has 0 fully saturated rings. The summed E-state index contributed by atoms with van der Waals surface area (Å²) in [7, 11) is 0. The average Bonchev–Trinajstić information content (AvgIpc) is 2.28. The Kier molecular flexibility index (Phi) is 6.04. The van der Waals surface area contributed by atoms with Gasteiger partial charge in [-0.2, -0.15) is 0 Å². The third-order valence-corrected chi connectivity index (χ3v) is 3.28. The van der Waals surface area contributed by atoms with E-state index in [0.717, 1.165) is 11.8 Å². The molecular weight excluding hydrogens is 308 g/mol. The van der Waals surface area contributed by atoms with Gasteiger partial charge in [-0.15, -0.1) is 0 Å². The number of aliphatic hydroxyl groups excluding tert-OH is 2. The van der Waals surface area contributed by atoms with E-state index in [4.69, 9.17) is 0 Å². The summed E-state index contributed by atoms with van der Waals surface area (Å²) < 4.78 is 0.565. The minimum atomic E-state index is -1.08. The van der Waals surface area contributed by atoms with Crippen LogP contribution in [-0.4, -0.2) is 37.2 Å². The molecule has 7 heteroatoms. The summed E-state index contributed by atoms with van der Waals surface area (Å²) in [6, 6.07) is 0. The van der Waals surface area contributed by atoms with Crippen molar-refractivity contribution in [2.75, 3.05) is 5.75 Å². The van der Waals surface area contributed by atoms with Gasteiger partial charge in [0.05, 0.1) is 24.2 Å². The van der Waals surface area contributed by atoms with Gasteiger partial charge in [-0.3, -0.25) is 9.78 Å². The molecule has 94 valence electrons. The van der Waals surface area contributed by atoms with Crippen LogP contribution in [0, 0.1) is 0 Å². The predicted molar refractivity (Wildman–Crippen MR) is 68.5 cm³/mol. The molecule has 0 bridgehead atoms. The minimum absolute atomic E-state index is 0.00452. The molecule has 17 heavy (non-hydrogen) atoms. The first kappa shape index (κ1) is 14.6. The van der Waals surface area contributed by atoms with Crippen LogP contribution in [0.1, 0.15) is 25.1 Å². The molecule has 1 aromatic heterocycles. The van der Waals surface area contributed by atoms with Crippen molar-refractivity contribution in [3.8, 4) is 0 Å². The van der Waals surface area contributed by atoms with Crippen molar-refractivity contribution in [2.45, 2.75) is 25.6 Å². The number of hydrogen-bond donors (Lipinski definition) is 2. The number of hydrogen-bond acceptors (Lipinski definition) is 6. The number of nitrogens with zero attached hydrogens (tertiary/aromatic N) is 2. The molecule has 2 atom stereocenters. The SMILES string of the molecule is CC(=O)SCCC(O)C(O)c1cnc(Br)cn1. The van der Waals surface area contributed by atoms with E-state index in [0.29, 0.717) is 22.5 Å². The maximum atomic E-state index is 10.7. The molecule has 5 nitrogen and oxygen atoms in total. The van der Waals surface area contributed by atoms with Crippen LogP contribution in [-0.2, 0) is 4.79 Å². The average molecular weight is 321 g/mol. The molecule has 1 heterocycles. The van der Waals surface area contributed by atoms with Crippen molar-refractivity contribution in [2.24, 2.45) is 0 Å². The highest BCUT2D eigenvalue weighted by Crippen LogP contribution is 2.18. The maximum Gasteiger partial charge on any atom is 0.185 e. The zero-order valence-corrected chi connectivity index (χ0v) is 11.6. The molecule has 1 aromatic rings. The molecule has 0 saturated heterocycles. The number of carbonyl (C=O) groups excluding carboxylic acids is 1. The standard InChI is InChI=1S/C10H13BrN2O3S/c1-6(14)17-3-2-8(15)10(16)7-4-13-9(11)5-12-7/h4-5,8,10,15-16H,2-3H2,1H3. The summed E-state index contributed by atoms with van der Waals surface area (Å²) in [6.45, 7) is 1.47. The maximum absolute atomic E-state index is 10.7. The Balaban J connectivity index is 2.48. The van der Waals surface area contributed by atoms with Crippen LogP contribution < -0.4 is 0 Å². The number of rotatable bonds is 5. The van der Waals surface area contributed by atoms with E-state index in [9.17, 15) is 15.0 Å². The first-order valence-electron chi connectivity index (χ1n) is 4.97. The van der Waals surface area contributed by atoms with Gasteiger partial charge in [-0.05, 0) is 22.4 Å². The van der Waals surface area contributed by atoms with Gasteiger partial charge in [-0.1, -0.05) is 11.8 Å². The van der Waals surface area contributed by atoms with Crippen LogP contribution >= 0.6 is 27.7 Å².